The summed E-state index contributed by atoms with van der Waals surface area (Å²) < 4.78 is 25.1. The molecular weight excluding hydrogens is 417 g/mol. The standard InChI is InChI=1S/C23H24FN3O3S/c1-3-26(4-2)11-12-27(23-25-18-8-7-17(24)14-21(18)31-23)22(28)10-6-16-5-9-19-20(13-16)30-15-29-19/h5-10,13-14H,3-4,11-12,15H2,1-2H3. The molecule has 31 heavy (non-hydrogen) atoms. The zero-order valence-corrected chi connectivity index (χ0v) is 18.3. The van der Waals surface area contributed by atoms with Gasteiger partial charge >= 0.3 is 0 Å². The molecule has 0 radical (unpaired) electrons. The van der Waals surface area contributed by atoms with Crippen molar-refractivity contribution in [3.63, 3.8) is 0 Å². The molecule has 0 unspecified atom stereocenters. The average Bonchev–Trinajstić information content (AvgIpc) is 3.41. The van der Waals surface area contributed by atoms with Gasteiger partial charge in [0, 0.05) is 19.2 Å². The molecule has 0 bridgehead atoms. The Hall–Kier alpha value is -2.97. The molecule has 1 aliphatic heterocycles. The summed E-state index contributed by atoms with van der Waals surface area (Å²) in [4.78, 5) is 21.6. The van der Waals surface area contributed by atoms with Crippen LogP contribution in [0.25, 0.3) is 16.3 Å². The molecule has 162 valence electrons. The van der Waals surface area contributed by atoms with Crippen molar-refractivity contribution in [2.75, 3.05) is 37.9 Å². The van der Waals surface area contributed by atoms with Gasteiger partial charge in [-0.15, -0.1) is 0 Å². The third-order valence-corrected chi connectivity index (χ3v) is 6.23. The van der Waals surface area contributed by atoms with Gasteiger partial charge in [-0.05, 0) is 55.1 Å². The van der Waals surface area contributed by atoms with E-state index in [1.165, 1.54) is 29.5 Å². The molecule has 0 saturated heterocycles. The molecule has 1 aliphatic rings. The van der Waals surface area contributed by atoms with Crippen LogP contribution in [-0.4, -0.2) is 48.8 Å². The first-order valence-corrected chi connectivity index (χ1v) is 11.1. The van der Waals surface area contributed by atoms with Crippen molar-refractivity contribution in [2.45, 2.75) is 13.8 Å². The maximum Gasteiger partial charge on any atom is 0.252 e. The van der Waals surface area contributed by atoms with E-state index in [1.807, 2.05) is 18.2 Å². The zero-order chi connectivity index (χ0) is 21.8. The SMILES string of the molecule is CCN(CC)CCN(C(=O)C=Cc1ccc2c(c1)OCO2)c1nc2ccc(F)cc2s1. The minimum absolute atomic E-state index is 0.177. The summed E-state index contributed by atoms with van der Waals surface area (Å²) in [5.74, 6) is 0.878. The number of hydrogen-bond donors (Lipinski definition) is 0. The Morgan fingerprint density at radius 3 is 2.74 bits per heavy atom. The number of halogens is 1. The predicted molar refractivity (Wildman–Crippen MR) is 121 cm³/mol. The lowest BCUT2D eigenvalue weighted by Gasteiger charge is -2.23. The molecule has 8 heteroatoms. The summed E-state index contributed by atoms with van der Waals surface area (Å²) in [7, 11) is 0. The van der Waals surface area contributed by atoms with E-state index in [0.717, 1.165) is 29.9 Å². The summed E-state index contributed by atoms with van der Waals surface area (Å²) in [6.45, 7) is 7.41. The van der Waals surface area contributed by atoms with Gasteiger partial charge < -0.3 is 14.4 Å². The van der Waals surface area contributed by atoms with Crippen LogP contribution in [-0.2, 0) is 4.79 Å². The van der Waals surface area contributed by atoms with E-state index in [1.54, 1.807) is 17.0 Å². The number of nitrogens with zero attached hydrogens (tertiary/aromatic N) is 3. The number of amides is 1. The van der Waals surface area contributed by atoms with Gasteiger partial charge in [0.15, 0.2) is 16.6 Å². The number of rotatable bonds is 8. The normalized spacial score (nSPS) is 12.9. The van der Waals surface area contributed by atoms with E-state index in [4.69, 9.17) is 9.47 Å². The van der Waals surface area contributed by atoms with Crippen LogP contribution in [0.5, 0.6) is 11.5 Å². The number of aromatic nitrogens is 1. The van der Waals surface area contributed by atoms with Crippen molar-refractivity contribution in [1.29, 1.82) is 0 Å². The van der Waals surface area contributed by atoms with Gasteiger partial charge in [0.05, 0.1) is 10.2 Å². The Morgan fingerprint density at radius 2 is 1.94 bits per heavy atom. The Kier molecular flexibility index (Phi) is 6.48. The Morgan fingerprint density at radius 1 is 1.13 bits per heavy atom. The number of carbonyl (C=O) groups excluding carboxylic acids is 1. The Balaban J connectivity index is 1.58. The highest BCUT2D eigenvalue weighted by Crippen LogP contribution is 2.33. The number of thiazole rings is 1. The second-order valence-electron chi connectivity index (χ2n) is 7.07. The van der Waals surface area contributed by atoms with Crippen LogP contribution in [0, 0.1) is 5.82 Å². The molecule has 1 aromatic heterocycles. The Bertz CT molecular complexity index is 1110. The molecule has 2 heterocycles. The number of hydrogen-bond acceptors (Lipinski definition) is 6. The molecule has 0 saturated carbocycles. The summed E-state index contributed by atoms with van der Waals surface area (Å²) in [6.07, 6.45) is 3.29. The Labute approximate surface area is 184 Å². The molecular formula is C23H24FN3O3S. The molecule has 2 aromatic carbocycles. The van der Waals surface area contributed by atoms with Crippen molar-refractivity contribution in [2.24, 2.45) is 0 Å². The summed E-state index contributed by atoms with van der Waals surface area (Å²) in [6, 6.07) is 10.0. The highest BCUT2D eigenvalue weighted by atomic mass is 32.1. The fourth-order valence-corrected chi connectivity index (χ4v) is 4.38. The van der Waals surface area contributed by atoms with Crippen LogP contribution in [0.1, 0.15) is 19.4 Å². The third-order valence-electron chi connectivity index (χ3n) is 5.19. The summed E-state index contributed by atoms with van der Waals surface area (Å²) in [5.41, 5.74) is 1.52. The fourth-order valence-electron chi connectivity index (χ4n) is 3.36. The fraction of sp³-hybridized carbons (Fsp3) is 0.304. The highest BCUT2D eigenvalue weighted by molar-refractivity contribution is 7.22. The maximum atomic E-state index is 13.6. The molecule has 0 aliphatic carbocycles. The second-order valence-corrected chi connectivity index (χ2v) is 8.08. The first kappa shape index (κ1) is 21.3. The number of fused-ring (bicyclic) bond motifs is 2. The number of likely N-dealkylation sites (N-methyl/N-ethyl adjacent to an activating group) is 1. The van der Waals surface area contributed by atoms with Crippen LogP contribution in [0.15, 0.2) is 42.5 Å². The smallest absolute Gasteiger partial charge is 0.252 e. The quantitative estimate of drug-likeness (QED) is 0.480. The molecule has 0 atom stereocenters. The first-order valence-electron chi connectivity index (χ1n) is 10.2. The number of anilines is 1. The van der Waals surface area contributed by atoms with Crippen LogP contribution < -0.4 is 14.4 Å². The van der Waals surface area contributed by atoms with E-state index < -0.39 is 0 Å². The van der Waals surface area contributed by atoms with Crippen molar-refractivity contribution in [3.05, 3.63) is 53.9 Å². The van der Waals surface area contributed by atoms with Gasteiger partial charge in [0.2, 0.25) is 6.79 Å². The van der Waals surface area contributed by atoms with Crippen LogP contribution in [0.4, 0.5) is 9.52 Å². The number of ether oxygens (including phenoxy) is 2. The monoisotopic (exact) mass is 441 g/mol. The van der Waals surface area contributed by atoms with Gasteiger partial charge in [-0.1, -0.05) is 31.3 Å². The second kappa shape index (κ2) is 9.45. The largest absolute Gasteiger partial charge is 0.454 e. The highest BCUT2D eigenvalue weighted by Gasteiger charge is 2.19. The molecule has 0 spiro atoms. The minimum atomic E-state index is -0.313. The minimum Gasteiger partial charge on any atom is -0.454 e. The molecule has 0 fully saturated rings. The topological polar surface area (TPSA) is 54.9 Å². The van der Waals surface area contributed by atoms with Crippen molar-refractivity contribution in [3.8, 4) is 11.5 Å². The summed E-state index contributed by atoms with van der Waals surface area (Å²) >= 11 is 1.32. The van der Waals surface area contributed by atoms with Gasteiger partial charge in [0.25, 0.3) is 5.91 Å². The van der Waals surface area contributed by atoms with Crippen LogP contribution in [0.2, 0.25) is 0 Å². The molecule has 3 aromatic rings. The van der Waals surface area contributed by atoms with Crippen LogP contribution in [0.3, 0.4) is 0 Å². The lowest BCUT2D eigenvalue weighted by molar-refractivity contribution is -0.114. The van der Waals surface area contributed by atoms with Crippen LogP contribution >= 0.6 is 11.3 Å². The average molecular weight is 442 g/mol. The maximum absolute atomic E-state index is 13.6. The molecule has 1 amide bonds. The molecule has 0 N–H and O–H groups in total. The molecule has 6 nitrogen and oxygen atoms in total. The van der Waals surface area contributed by atoms with E-state index in [-0.39, 0.29) is 18.5 Å². The van der Waals surface area contributed by atoms with Gasteiger partial charge in [-0.2, -0.15) is 0 Å². The van der Waals surface area contributed by atoms with Crippen molar-refractivity contribution >= 4 is 38.7 Å². The van der Waals surface area contributed by atoms with Crippen molar-refractivity contribution in [1.82, 2.24) is 9.88 Å². The number of benzene rings is 2. The van der Waals surface area contributed by atoms with Gasteiger partial charge in [-0.3, -0.25) is 9.69 Å². The van der Waals surface area contributed by atoms with E-state index in [0.29, 0.717) is 28.7 Å². The van der Waals surface area contributed by atoms with E-state index in [2.05, 4.69) is 23.7 Å². The third kappa shape index (κ3) is 4.86. The predicted octanol–water partition coefficient (Wildman–Crippen LogP) is 4.55. The lowest BCUT2D eigenvalue weighted by Crippen LogP contribution is -2.38. The summed E-state index contributed by atoms with van der Waals surface area (Å²) in [5, 5.41) is 0.563. The van der Waals surface area contributed by atoms with Crippen molar-refractivity contribution < 1.29 is 18.7 Å². The van der Waals surface area contributed by atoms with E-state index >= 15 is 0 Å². The van der Waals surface area contributed by atoms with Gasteiger partial charge in [0.1, 0.15) is 5.82 Å². The number of carbonyl (C=O) groups is 1. The zero-order valence-electron chi connectivity index (χ0n) is 17.5. The lowest BCUT2D eigenvalue weighted by atomic mass is 10.2. The molecule has 4 rings (SSSR count). The first-order chi connectivity index (χ1) is 15.1. The van der Waals surface area contributed by atoms with E-state index in [9.17, 15) is 9.18 Å². The van der Waals surface area contributed by atoms with Gasteiger partial charge in [-0.25, -0.2) is 9.37 Å².